The summed E-state index contributed by atoms with van der Waals surface area (Å²) in [5, 5.41) is 3.57. The summed E-state index contributed by atoms with van der Waals surface area (Å²) in [6, 6.07) is 5.14. The lowest BCUT2D eigenvalue weighted by Gasteiger charge is -2.15. The second-order valence-corrected chi connectivity index (χ2v) is 8.04. The standard InChI is InChI=1S/C14H20BrNS/c1-16-12(8-9-6-7-13(15)17-9)14-10-4-2-3-5-11(10)14/h6-7,10-12,14,16H,2-5,8H2,1H3. The number of likely N-dealkylation sites (N-methyl/N-ethyl adjacent to an activating group) is 1. The fraction of sp³-hybridized carbons (Fsp3) is 0.714. The van der Waals surface area contributed by atoms with Gasteiger partial charge in [0.2, 0.25) is 0 Å². The molecule has 1 nitrogen and oxygen atoms in total. The smallest absolute Gasteiger partial charge is 0.0701 e. The van der Waals surface area contributed by atoms with Crippen LogP contribution >= 0.6 is 27.3 Å². The Bertz CT molecular complexity index is 377. The van der Waals surface area contributed by atoms with Crippen LogP contribution in [0.2, 0.25) is 0 Å². The fourth-order valence-electron chi connectivity index (χ4n) is 3.75. The van der Waals surface area contributed by atoms with Crippen LogP contribution in [0.4, 0.5) is 0 Å². The van der Waals surface area contributed by atoms with Crippen LogP contribution in [0.15, 0.2) is 15.9 Å². The summed E-state index contributed by atoms with van der Waals surface area (Å²) < 4.78 is 1.26. The number of thiophene rings is 1. The number of nitrogens with one attached hydrogen (secondary N) is 1. The summed E-state index contributed by atoms with van der Waals surface area (Å²) in [6.45, 7) is 0. The first kappa shape index (κ1) is 12.2. The van der Waals surface area contributed by atoms with Crippen LogP contribution in [-0.2, 0) is 6.42 Å². The van der Waals surface area contributed by atoms with Gasteiger partial charge >= 0.3 is 0 Å². The highest BCUT2D eigenvalue weighted by molar-refractivity contribution is 9.11. The lowest BCUT2D eigenvalue weighted by Crippen LogP contribution is -2.30. The molecule has 94 valence electrons. The summed E-state index contributed by atoms with van der Waals surface area (Å²) in [4.78, 5) is 1.51. The van der Waals surface area contributed by atoms with E-state index >= 15 is 0 Å². The van der Waals surface area contributed by atoms with Gasteiger partial charge in [-0.2, -0.15) is 0 Å². The summed E-state index contributed by atoms with van der Waals surface area (Å²) in [5.41, 5.74) is 0. The molecule has 17 heavy (non-hydrogen) atoms. The van der Waals surface area contributed by atoms with E-state index in [1.807, 2.05) is 11.3 Å². The molecule has 0 bridgehead atoms. The average Bonchev–Trinajstić information content (AvgIpc) is 2.93. The molecule has 2 saturated carbocycles. The lowest BCUT2D eigenvalue weighted by molar-refractivity contribution is 0.462. The van der Waals surface area contributed by atoms with E-state index in [9.17, 15) is 0 Å². The van der Waals surface area contributed by atoms with Crippen molar-refractivity contribution in [2.24, 2.45) is 17.8 Å². The van der Waals surface area contributed by atoms with Crippen LogP contribution in [0.1, 0.15) is 30.6 Å². The highest BCUT2D eigenvalue weighted by Gasteiger charge is 2.53. The molecule has 2 aliphatic carbocycles. The van der Waals surface area contributed by atoms with Crippen molar-refractivity contribution in [3.05, 3.63) is 20.8 Å². The maximum atomic E-state index is 3.57. The molecule has 1 aromatic heterocycles. The van der Waals surface area contributed by atoms with E-state index in [0.717, 1.165) is 17.8 Å². The molecule has 3 atom stereocenters. The Morgan fingerprint density at radius 1 is 1.35 bits per heavy atom. The summed E-state index contributed by atoms with van der Waals surface area (Å²) in [7, 11) is 2.14. The molecule has 3 heteroatoms. The molecule has 0 spiro atoms. The predicted molar refractivity (Wildman–Crippen MR) is 77.5 cm³/mol. The molecule has 1 N–H and O–H groups in total. The van der Waals surface area contributed by atoms with Crippen molar-refractivity contribution < 1.29 is 0 Å². The van der Waals surface area contributed by atoms with Gasteiger partial charge in [0.15, 0.2) is 0 Å². The topological polar surface area (TPSA) is 12.0 Å². The second kappa shape index (κ2) is 5.02. The van der Waals surface area contributed by atoms with Crippen molar-refractivity contribution in [1.29, 1.82) is 0 Å². The lowest BCUT2D eigenvalue weighted by atomic mass is 10.0. The third-order valence-electron chi connectivity index (χ3n) is 4.61. The normalized spacial score (nSPS) is 33.2. The molecule has 0 saturated heterocycles. The molecular weight excluding hydrogens is 294 g/mol. The minimum atomic E-state index is 0.702. The number of halogens is 1. The third kappa shape index (κ3) is 2.47. The van der Waals surface area contributed by atoms with Crippen molar-refractivity contribution in [3.8, 4) is 0 Å². The van der Waals surface area contributed by atoms with Gasteiger partial charge in [-0.3, -0.25) is 0 Å². The largest absolute Gasteiger partial charge is 0.316 e. The highest BCUT2D eigenvalue weighted by atomic mass is 79.9. The van der Waals surface area contributed by atoms with Crippen molar-refractivity contribution in [2.45, 2.75) is 38.1 Å². The van der Waals surface area contributed by atoms with E-state index in [2.05, 4.69) is 40.4 Å². The van der Waals surface area contributed by atoms with Crippen LogP contribution in [0.25, 0.3) is 0 Å². The highest BCUT2D eigenvalue weighted by Crippen LogP contribution is 2.57. The zero-order valence-corrected chi connectivity index (χ0v) is 12.7. The SMILES string of the molecule is CNC(Cc1ccc(Br)s1)C1C2CCCCC21. The van der Waals surface area contributed by atoms with E-state index in [0.29, 0.717) is 6.04 Å². The first-order valence-corrected chi connectivity index (χ1v) is 8.32. The summed E-state index contributed by atoms with van der Waals surface area (Å²) >= 11 is 5.44. The van der Waals surface area contributed by atoms with E-state index in [1.54, 1.807) is 0 Å². The molecule has 0 radical (unpaired) electrons. The molecule has 3 unspecified atom stereocenters. The Hall–Kier alpha value is 0.140. The molecular formula is C14H20BrNS. The van der Waals surface area contributed by atoms with Crippen LogP contribution in [0, 0.1) is 17.8 Å². The van der Waals surface area contributed by atoms with Crippen molar-refractivity contribution in [2.75, 3.05) is 7.05 Å². The van der Waals surface area contributed by atoms with Gasteiger partial charge in [-0.1, -0.05) is 12.8 Å². The van der Waals surface area contributed by atoms with Crippen molar-refractivity contribution >= 4 is 27.3 Å². The Kier molecular flexibility index (Phi) is 3.60. The number of hydrogen-bond acceptors (Lipinski definition) is 2. The maximum Gasteiger partial charge on any atom is 0.0701 e. The van der Waals surface area contributed by atoms with E-state index in [-0.39, 0.29) is 0 Å². The van der Waals surface area contributed by atoms with E-state index in [1.165, 1.54) is 40.8 Å². The van der Waals surface area contributed by atoms with Crippen LogP contribution < -0.4 is 5.32 Å². The Balaban J connectivity index is 1.64. The molecule has 0 amide bonds. The summed E-state index contributed by atoms with van der Waals surface area (Å²) in [5.74, 6) is 3.05. The average molecular weight is 314 g/mol. The Morgan fingerprint density at radius 2 is 2.06 bits per heavy atom. The minimum absolute atomic E-state index is 0.702. The summed E-state index contributed by atoms with van der Waals surface area (Å²) in [6.07, 6.45) is 7.13. The van der Waals surface area contributed by atoms with Gasteiger partial charge in [0.05, 0.1) is 3.79 Å². The second-order valence-electron chi connectivity index (χ2n) is 5.49. The Morgan fingerprint density at radius 3 is 2.59 bits per heavy atom. The Labute approximate surface area is 116 Å². The predicted octanol–water partition coefficient (Wildman–Crippen LogP) is 4.08. The maximum absolute atomic E-state index is 3.57. The van der Waals surface area contributed by atoms with Gasteiger partial charge in [0.1, 0.15) is 0 Å². The van der Waals surface area contributed by atoms with Gasteiger partial charge < -0.3 is 5.32 Å². The first-order valence-electron chi connectivity index (χ1n) is 6.71. The molecule has 2 fully saturated rings. The van der Waals surface area contributed by atoms with Gasteiger partial charge in [0.25, 0.3) is 0 Å². The molecule has 2 aliphatic rings. The number of fused-ring (bicyclic) bond motifs is 1. The van der Waals surface area contributed by atoms with Crippen LogP contribution in [0.5, 0.6) is 0 Å². The fourth-order valence-corrected chi connectivity index (χ4v) is 5.29. The van der Waals surface area contributed by atoms with Crippen molar-refractivity contribution in [1.82, 2.24) is 5.32 Å². The van der Waals surface area contributed by atoms with E-state index in [4.69, 9.17) is 0 Å². The quantitative estimate of drug-likeness (QED) is 0.883. The third-order valence-corrected chi connectivity index (χ3v) is 6.25. The minimum Gasteiger partial charge on any atom is -0.316 e. The van der Waals surface area contributed by atoms with Gasteiger partial charge in [-0.05, 0) is 72.1 Å². The van der Waals surface area contributed by atoms with Gasteiger partial charge in [0, 0.05) is 10.9 Å². The molecule has 0 aromatic carbocycles. The molecule has 0 aliphatic heterocycles. The first-order chi connectivity index (χ1) is 8.29. The van der Waals surface area contributed by atoms with Crippen LogP contribution in [-0.4, -0.2) is 13.1 Å². The molecule has 1 aromatic rings. The molecule has 3 rings (SSSR count). The van der Waals surface area contributed by atoms with Gasteiger partial charge in [-0.15, -0.1) is 11.3 Å². The van der Waals surface area contributed by atoms with Gasteiger partial charge in [-0.25, -0.2) is 0 Å². The zero-order valence-electron chi connectivity index (χ0n) is 10.3. The zero-order chi connectivity index (χ0) is 11.8. The number of hydrogen-bond donors (Lipinski definition) is 1. The van der Waals surface area contributed by atoms with Crippen molar-refractivity contribution in [3.63, 3.8) is 0 Å². The monoisotopic (exact) mass is 313 g/mol. The molecule has 1 heterocycles. The van der Waals surface area contributed by atoms with E-state index < -0.39 is 0 Å². The number of rotatable bonds is 4. The van der Waals surface area contributed by atoms with Crippen LogP contribution in [0.3, 0.4) is 0 Å².